The van der Waals surface area contributed by atoms with Gasteiger partial charge >= 0.3 is 0 Å². The Balaban J connectivity index is 1.36. The average Bonchev–Trinajstić information content (AvgIpc) is 3.24. The van der Waals surface area contributed by atoms with E-state index in [2.05, 4.69) is 39.9 Å². The molecule has 6 heteroatoms. The standard InChI is InChI=1S/C21H29N3O3/c1-22-21(23-11-8-19-3-2-12-26-19)24-15-17-4-6-18(7-5-17)16-27-20-9-13-25-14-10-20/h2-7,12,20H,8-11,13-16H2,1H3,(H2,22,23,24). The molecule has 0 unspecified atom stereocenters. The lowest BCUT2D eigenvalue weighted by Crippen LogP contribution is -2.37. The fourth-order valence-electron chi connectivity index (χ4n) is 2.98. The third-order valence-corrected chi connectivity index (χ3v) is 4.60. The molecule has 6 nitrogen and oxygen atoms in total. The van der Waals surface area contributed by atoms with Crippen LogP contribution in [0, 0.1) is 0 Å². The predicted octanol–water partition coefficient (Wildman–Crippen LogP) is 2.88. The van der Waals surface area contributed by atoms with Crippen LogP contribution in [0.4, 0.5) is 0 Å². The molecule has 0 spiro atoms. The van der Waals surface area contributed by atoms with Crippen molar-refractivity contribution < 1.29 is 13.9 Å². The Morgan fingerprint density at radius 2 is 1.89 bits per heavy atom. The minimum absolute atomic E-state index is 0.329. The molecule has 1 aromatic carbocycles. The van der Waals surface area contributed by atoms with E-state index in [4.69, 9.17) is 13.9 Å². The molecule has 0 amide bonds. The number of furan rings is 1. The lowest BCUT2D eigenvalue weighted by Gasteiger charge is -2.22. The zero-order valence-electron chi connectivity index (χ0n) is 15.9. The molecule has 0 radical (unpaired) electrons. The highest BCUT2D eigenvalue weighted by Crippen LogP contribution is 2.14. The summed E-state index contributed by atoms with van der Waals surface area (Å²) in [6.45, 7) is 3.78. The molecule has 146 valence electrons. The van der Waals surface area contributed by atoms with Gasteiger partial charge in [-0.1, -0.05) is 24.3 Å². The number of hydrogen-bond donors (Lipinski definition) is 2. The Kier molecular flexibility index (Phi) is 7.74. The van der Waals surface area contributed by atoms with Crippen LogP contribution in [-0.2, 0) is 29.0 Å². The normalized spacial score (nSPS) is 15.7. The van der Waals surface area contributed by atoms with Gasteiger partial charge < -0.3 is 24.5 Å². The van der Waals surface area contributed by atoms with Crippen LogP contribution in [0.15, 0.2) is 52.1 Å². The number of hydrogen-bond acceptors (Lipinski definition) is 4. The third kappa shape index (κ3) is 6.73. The highest BCUT2D eigenvalue weighted by Gasteiger charge is 2.13. The highest BCUT2D eigenvalue weighted by molar-refractivity contribution is 5.79. The predicted molar refractivity (Wildman–Crippen MR) is 106 cm³/mol. The molecule has 1 aliphatic heterocycles. The summed E-state index contributed by atoms with van der Waals surface area (Å²) in [6.07, 6.45) is 4.84. The molecule has 2 aromatic rings. The first kappa shape index (κ1) is 19.5. The molecule has 0 bridgehead atoms. The van der Waals surface area contributed by atoms with Crippen LogP contribution in [0.25, 0.3) is 0 Å². The Labute approximate surface area is 161 Å². The maximum atomic E-state index is 5.97. The van der Waals surface area contributed by atoms with Crippen molar-refractivity contribution >= 4 is 5.96 Å². The second-order valence-corrected chi connectivity index (χ2v) is 6.62. The zero-order valence-corrected chi connectivity index (χ0v) is 15.9. The largest absolute Gasteiger partial charge is 0.469 e. The number of ether oxygens (including phenoxy) is 2. The van der Waals surface area contributed by atoms with E-state index >= 15 is 0 Å². The summed E-state index contributed by atoms with van der Waals surface area (Å²) in [7, 11) is 1.78. The van der Waals surface area contributed by atoms with Gasteiger partial charge in [0, 0.05) is 39.8 Å². The first-order valence-electron chi connectivity index (χ1n) is 9.57. The summed E-state index contributed by atoms with van der Waals surface area (Å²) in [5, 5.41) is 6.63. The van der Waals surface area contributed by atoms with Crippen LogP contribution in [0.1, 0.15) is 29.7 Å². The number of nitrogens with one attached hydrogen (secondary N) is 2. The maximum absolute atomic E-state index is 5.97. The minimum Gasteiger partial charge on any atom is -0.469 e. The van der Waals surface area contributed by atoms with Crippen LogP contribution in [0.5, 0.6) is 0 Å². The van der Waals surface area contributed by atoms with E-state index in [-0.39, 0.29) is 0 Å². The summed E-state index contributed by atoms with van der Waals surface area (Å²) in [5.74, 6) is 1.75. The molecule has 2 N–H and O–H groups in total. The number of aliphatic imine (C=N–C) groups is 1. The van der Waals surface area contributed by atoms with Crippen molar-refractivity contribution in [3.8, 4) is 0 Å². The van der Waals surface area contributed by atoms with E-state index < -0.39 is 0 Å². The lowest BCUT2D eigenvalue weighted by molar-refractivity contribution is -0.0390. The molecular formula is C21H29N3O3. The van der Waals surface area contributed by atoms with E-state index in [9.17, 15) is 0 Å². The van der Waals surface area contributed by atoms with Crippen LogP contribution in [0.2, 0.25) is 0 Å². The molecule has 1 aromatic heterocycles. The molecular weight excluding hydrogens is 342 g/mol. The van der Waals surface area contributed by atoms with Gasteiger partial charge in [-0.25, -0.2) is 0 Å². The topological polar surface area (TPSA) is 68.0 Å². The Bertz CT molecular complexity index is 677. The number of guanidine groups is 1. The first-order chi connectivity index (χ1) is 13.3. The van der Waals surface area contributed by atoms with Crippen molar-refractivity contribution in [1.82, 2.24) is 10.6 Å². The van der Waals surface area contributed by atoms with E-state index in [1.54, 1.807) is 13.3 Å². The Morgan fingerprint density at radius 3 is 2.59 bits per heavy atom. The average molecular weight is 371 g/mol. The van der Waals surface area contributed by atoms with E-state index in [0.29, 0.717) is 12.7 Å². The zero-order chi connectivity index (χ0) is 18.7. The molecule has 27 heavy (non-hydrogen) atoms. The summed E-state index contributed by atoms with van der Waals surface area (Å²) >= 11 is 0. The maximum Gasteiger partial charge on any atom is 0.191 e. The molecule has 1 aliphatic rings. The van der Waals surface area contributed by atoms with Crippen LogP contribution in [-0.4, -0.2) is 38.9 Å². The van der Waals surface area contributed by atoms with Gasteiger partial charge in [0.15, 0.2) is 5.96 Å². The number of nitrogens with zero attached hydrogens (tertiary/aromatic N) is 1. The molecule has 0 aliphatic carbocycles. The second kappa shape index (κ2) is 10.7. The van der Waals surface area contributed by atoms with Gasteiger partial charge in [-0.05, 0) is 36.1 Å². The van der Waals surface area contributed by atoms with Crippen LogP contribution < -0.4 is 10.6 Å². The van der Waals surface area contributed by atoms with Crippen molar-refractivity contribution in [3.05, 3.63) is 59.5 Å². The van der Waals surface area contributed by atoms with Gasteiger partial charge in [-0.2, -0.15) is 0 Å². The van der Waals surface area contributed by atoms with Gasteiger partial charge in [0.25, 0.3) is 0 Å². The van der Waals surface area contributed by atoms with E-state index in [1.807, 2.05) is 12.1 Å². The van der Waals surface area contributed by atoms with Crippen LogP contribution in [0.3, 0.4) is 0 Å². The fraction of sp³-hybridized carbons (Fsp3) is 0.476. The van der Waals surface area contributed by atoms with Crippen molar-refractivity contribution in [2.75, 3.05) is 26.8 Å². The SMILES string of the molecule is CN=C(NCCc1ccco1)NCc1ccc(COC2CCOCC2)cc1. The molecule has 2 heterocycles. The quantitative estimate of drug-likeness (QED) is 0.552. The summed E-state index contributed by atoms with van der Waals surface area (Å²) in [6, 6.07) is 12.4. The molecule has 1 saturated heterocycles. The fourth-order valence-corrected chi connectivity index (χ4v) is 2.98. The lowest BCUT2D eigenvalue weighted by atomic mass is 10.1. The van der Waals surface area contributed by atoms with E-state index in [1.165, 1.54) is 11.1 Å². The van der Waals surface area contributed by atoms with Gasteiger partial charge in [-0.15, -0.1) is 0 Å². The Hall–Kier alpha value is -2.31. The van der Waals surface area contributed by atoms with E-state index in [0.717, 1.165) is 57.3 Å². The summed E-state index contributed by atoms with van der Waals surface area (Å²) < 4.78 is 16.7. The number of benzene rings is 1. The van der Waals surface area contributed by atoms with Crippen molar-refractivity contribution in [3.63, 3.8) is 0 Å². The van der Waals surface area contributed by atoms with Crippen molar-refractivity contribution in [2.24, 2.45) is 4.99 Å². The van der Waals surface area contributed by atoms with Gasteiger partial charge in [0.05, 0.1) is 19.0 Å². The molecule has 0 saturated carbocycles. The number of rotatable bonds is 8. The van der Waals surface area contributed by atoms with Gasteiger partial charge in [-0.3, -0.25) is 4.99 Å². The monoisotopic (exact) mass is 371 g/mol. The minimum atomic E-state index is 0.329. The van der Waals surface area contributed by atoms with Gasteiger partial charge in [0.2, 0.25) is 0 Å². The van der Waals surface area contributed by atoms with Crippen LogP contribution >= 0.6 is 0 Å². The highest BCUT2D eigenvalue weighted by atomic mass is 16.5. The second-order valence-electron chi connectivity index (χ2n) is 6.62. The van der Waals surface area contributed by atoms with Gasteiger partial charge in [0.1, 0.15) is 5.76 Å². The molecule has 0 atom stereocenters. The van der Waals surface area contributed by atoms with Crippen molar-refractivity contribution in [1.29, 1.82) is 0 Å². The molecule has 3 rings (SSSR count). The Morgan fingerprint density at radius 1 is 1.11 bits per heavy atom. The summed E-state index contributed by atoms with van der Waals surface area (Å²) in [4.78, 5) is 4.25. The smallest absolute Gasteiger partial charge is 0.191 e. The third-order valence-electron chi connectivity index (χ3n) is 4.60. The van der Waals surface area contributed by atoms with Crippen molar-refractivity contribution in [2.45, 2.75) is 38.5 Å². The first-order valence-corrected chi connectivity index (χ1v) is 9.57. The molecule has 1 fully saturated rings. The summed E-state index contributed by atoms with van der Waals surface area (Å²) in [5.41, 5.74) is 2.41.